The van der Waals surface area contributed by atoms with Gasteiger partial charge in [0.05, 0.1) is 19.3 Å². The van der Waals surface area contributed by atoms with Gasteiger partial charge in [0.15, 0.2) is 17.5 Å². The van der Waals surface area contributed by atoms with Crippen molar-refractivity contribution in [1.82, 2.24) is 15.0 Å². The summed E-state index contributed by atoms with van der Waals surface area (Å²) in [6.45, 7) is 0. The van der Waals surface area contributed by atoms with Gasteiger partial charge >= 0.3 is 0 Å². The van der Waals surface area contributed by atoms with Gasteiger partial charge in [-0.05, 0) is 12.1 Å². The van der Waals surface area contributed by atoms with E-state index in [0.717, 1.165) is 6.07 Å². The van der Waals surface area contributed by atoms with Crippen LogP contribution in [0.25, 0.3) is 34.2 Å². The molecular formula is C21H14FN3. The molecule has 3 nitrogen and oxygen atoms in total. The summed E-state index contributed by atoms with van der Waals surface area (Å²) in [6.07, 6.45) is 0. The van der Waals surface area contributed by atoms with E-state index in [2.05, 4.69) is 15.0 Å². The van der Waals surface area contributed by atoms with Crippen LogP contribution < -0.4 is 0 Å². The van der Waals surface area contributed by atoms with E-state index in [-0.39, 0.29) is 11.4 Å². The van der Waals surface area contributed by atoms with Crippen LogP contribution in [0.4, 0.5) is 4.39 Å². The third-order valence-corrected chi connectivity index (χ3v) is 3.20. The fourth-order valence-corrected chi connectivity index (χ4v) is 2.09. The Balaban J connectivity index is 2.15. The molecule has 0 atom stereocenters. The van der Waals surface area contributed by atoms with Crippen molar-refractivity contribution in [2.75, 3.05) is 0 Å². The van der Waals surface area contributed by atoms with Crippen molar-refractivity contribution in [2.24, 2.45) is 0 Å². The normalized spacial score (nSPS) is 16.2. The van der Waals surface area contributed by atoms with Crippen LogP contribution in [0, 0.1) is 5.82 Å². The summed E-state index contributed by atoms with van der Waals surface area (Å²) in [5.41, 5.74) is -0.952. The van der Waals surface area contributed by atoms with E-state index in [4.69, 9.17) is 13.7 Å². The van der Waals surface area contributed by atoms with Crippen LogP contribution in [-0.4, -0.2) is 15.0 Å². The molecule has 0 aliphatic heterocycles. The number of halogens is 1. The molecule has 4 aromatic rings. The van der Waals surface area contributed by atoms with Crippen LogP contribution in [-0.2, 0) is 0 Å². The fraction of sp³-hybridized carbons (Fsp3) is 0. The van der Waals surface area contributed by atoms with Crippen molar-refractivity contribution in [3.8, 4) is 34.2 Å². The standard InChI is InChI=1S/C21H14FN3/c22-18-14-8-7-13-17(18)21-24-19(15-9-3-1-4-10-15)23-20(25-21)16-11-5-2-6-12-16/h1-14H/i1D,2D,3D,4D,5D,6D,9D,10D,11D,12D. The van der Waals surface area contributed by atoms with E-state index in [0.29, 0.717) is 0 Å². The number of rotatable bonds is 3. The Morgan fingerprint density at radius 1 is 0.640 bits per heavy atom. The van der Waals surface area contributed by atoms with Gasteiger partial charge in [-0.3, -0.25) is 0 Å². The molecule has 1 heterocycles. The van der Waals surface area contributed by atoms with E-state index >= 15 is 0 Å². The second-order valence-corrected chi connectivity index (χ2v) is 4.79. The van der Waals surface area contributed by atoms with Crippen LogP contribution >= 0.6 is 0 Å². The highest BCUT2D eigenvalue weighted by Gasteiger charge is 2.14. The predicted octanol–water partition coefficient (Wildman–Crippen LogP) is 5.01. The van der Waals surface area contributed by atoms with Gasteiger partial charge in [0, 0.05) is 11.1 Å². The van der Waals surface area contributed by atoms with Crippen LogP contribution in [0.1, 0.15) is 13.7 Å². The third kappa shape index (κ3) is 3.15. The monoisotopic (exact) mass is 337 g/mol. The first-order valence-electron chi connectivity index (χ1n) is 12.1. The summed E-state index contributed by atoms with van der Waals surface area (Å²) < 4.78 is 94.9. The summed E-state index contributed by atoms with van der Waals surface area (Å²) in [6, 6.07) is -1.03. The molecule has 0 saturated heterocycles. The average molecular weight is 337 g/mol. The molecule has 0 bridgehead atoms. The van der Waals surface area contributed by atoms with Gasteiger partial charge < -0.3 is 0 Å². The van der Waals surface area contributed by atoms with Gasteiger partial charge in [-0.2, -0.15) is 0 Å². The van der Waals surface area contributed by atoms with E-state index in [1.54, 1.807) is 0 Å². The summed E-state index contributed by atoms with van der Waals surface area (Å²) >= 11 is 0. The van der Waals surface area contributed by atoms with Crippen molar-refractivity contribution in [1.29, 1.82) is 0 Å². The Kier molecular flexibility index (Phi) is 2.02. The van der Waals surface area contributed by atoms with Gasteiger partial charge in [-0.1, -0.05) is 72.6 Å². The molecule has 4 heteroatoms. The van der Waals surface area contributed by atoms with Crippen molar-refractivity contribution in [2.45, 2.75) is 0 Å². The van der Waals surface area contributed by atoms with Crippen LogP contribution in [0.2, 0.25) is 0 Å². The van der Waals surface area contributed by atoms with Gasteiger partial charge in [0.25, 0.3) is 0 Å². The number of aromatic nitrogens is 3. The van der Waals surface area contributed by atoms with Gasteiger partial charge in [0.2, 0.25) is 0 Å². The molecule has 1 aromatic heterocycles. The SMILES string of the molecule is [2H]c1c([2H])c([2H])c(-c2nc(-c3ccccc3F)nc(-c3c([2H])c([2H])c([2H])c([2H])c3[2H])n2)c([2H])c1[2H]. The zero-order valence-electron chi connectivity index (χ0n) is 22.5. The zero-order chi connectivity index (χ0) is 25.8. The lowest BCUT2D eigenvalue weighted by Crippen LogP contribution is -2.01. The van der Waals surface area contributed by atoms with Crippen molar-refractivity contribution in [3.05, 3.63) is 90.5 Å². The highest BCUT2D eigenvalue weighted by atomic mass is 19.1. The van der Waals surface area contributed by atoms with Crippen molar-refractivity contribution >= 4 is 0 Å². The van der Waals surface area contributed by atoms with Crippen LogP contribution in [0.15, 0.2) is 84.7 Å². The minimum Gasteiger partial charge on any atom is -0.208 e. The molecule has 0 unspecified atom stereocenters. The minimum atomic E-state index is -0.738. The van der Waals surface area contributed by atoms with Crippen LogP contribution in [0.3, 0.4) is 0 Å². The van der Waals surface area contributed by atoms with E-state index < -0.39 is 89.0 Å². The summed E-state index contributed by atoms with van der Waals surface area (Å²) in [5.74, 6) is -1.95. The minimum absolute atomic E-state index is 0.128. The smallest absolute Gasteiger partial charge is 0.167 e. The first-order chi connectivity index (χ1) is 16.5. The second kappa shape index (κ2) is 6.61. The number of benzene rings is 3. The Labute approximate surface area is 158 Å². The van der Waals surface area contributed by atoms with Crippen molar-refractivity contribution in [3.63, 3.8) is 0 Å². The number of hydrogen-bond donors (Lipinski definition) is 0. The van der Waals surface area contributed by atoms with E-state index in [9.17, 15) is 4.39 Å². The molecule has 120 valence electrons. The highest BCUT2D eigenvalue weighted by molar-refractivity contribution is 5.66. The Morgan fingerprint density at radius 3 is 1.64 bits per heavy atom. The lowest BCUT2D eigenvalue weighted by molar-refractivity contribution is 0.630. The molecule has 4 rings (SSSR count). The Hall–Kier alpha value is -3.40. The molecule has 0 radical (unpaired) electrons. The van der Waals surface area contributed by atoms with Gasteiger partial charge in [-0.25, -0.2) is 19.3 Å². The summed E-state index contributed by atoms with van der Waals surface area (Å²) in [7, 11) is 0. The quantitative estimate of drug-likeness (QED) is 0.527. The Bertz CT molecular complexity index is 1380. The topological polar surface area (TPSA) is 38.7 Å². The molecule has 0 spiro atoms. The molecule has 0 aliphatic carbocycles. The van der Waals surface area contributed by atoms with Crippen molar-refractivity contribution < 1.29 is 18.1 Å². The third-order valence-electron chi connectivity index (χ3n) is 3.20. The maximum atomic E-state index is 14.6. The zero-order valence-corrected chi connectivity index (χ0v) is 12.5. The molecular weight excluding hydrogens is 313 g/mol. The molecule has 0 aliphatic rings. The molecule has 0 amide bonds. The summed E-state index contributed by atoms with van der Waals surface area (Å²) in [5, 5.41) is 0. The fourth-order valence-electron chi connectivity index (χ4n) is 2.09. The molecule has 3 aromatic carbocycles. The predicted molar refractivity (Wildman–Crippen MR) is 96.1 cm³/mol. The summed E-state index contributed by atoms with van der Waals surface area (Å²) in [4.78, 5) is 12.4. The lowest BCUT2D eigenvalue weighted by Gasteiger charge is -2.08. The largest absolute Gasteiger partial charge is 0.208 e. The first kappa shape index (κ1) is 7.66. The molecule has 0 N–H and O–H groups in total. The highest BCUT2D eigenvalue weighted by Crippen LogP contribution is 2.25. The second-order valence-electron chi connectivity index (χ2n) is 4.79. The molecule has 0 saturated carbocycles. The van der Waals surface area contributed by atoms with Gasteiger partial charge in [0.1, 0.15) is 5.82 Å². The first-order valence-corrected chi connectivity index (χ1v) is 7.11. The lowest BCUT2D eigenvalue weighted by atomic mass is 10.1. The Morgan fingerprint density at radius 2 is 1.12 bits per heavy atom. The molecule has 25 heavy (non-hydrogen) atoms. The molecule has 0 fully saturated rings. The van der Waals surface area contributed by atoms with Gasteiger partial charge in [-0.15, -0.1) is 0 Å². The number of nitrogens with zero attached hydrogens (tertiary/aromatic N) is 3. The maximum Gasteiger partial charge on any atom is 0.167 e. The number of hydrogen-bond acceptors (Lipinski definition) is 3. The van der Waals surface area contributed by atoms with E-state index in [1.807, 2.05) is 0 Å². The average Bonchev–Trinajstić information content (AvgIpc) is 2.84. The maximum absolute atomic E-state index is 14.6. The van der Waals surface area contributed by atoms with Crippen LogP contribution in [0.5, 0.6) is 0 Å². The van der Waals surface area contributed by atoms with E-state index in [1.165, 1.54) is 18.2 Å².